The van der Waals surface area contributed by atoms with Gasteiger partial charge in [0.1, 0.15) is 0 Å². The lowest BCUT2D eigenvalue weighted by molar-refractivity contribution is -0.131. The van der Waals surface area contributed by atoms with E-state index in [9.17, 15) is 4.79 Å². The molecule has 5 nitrogen and oxygen atoms in total. The SMILES string of the molecule is CC(=O)N(Cc1cc(N)ccc1N(C)C)CC1CCCO1. The smallest absolute Gasteiger partial charge is 0.219 e. The van der Waals surface area contributed by atoms with Crippen LogP contribution in [-0.2, 0) is 16.1 Å². The van der Waals surface area contributed by atoms with Gasteiger partial charge < -0.3 is 20.3 Å². The van der Waals surface area contributed by atoms with Crippen LogP contribution in [0.2, 0.25) is 0 Å². The Morgan fingerprint density at radius 1 is 1.43 bits per heavy atom. The van der Waals surface area contributed by atoms with Crippen molar-refractivity contribution < 1.29 is 9.53 Å². The van der Waals surface area contributed by atoms with Crippen LogP contribution >= 0.6 is 0 Å². The number of hydrogen-bond donors (Lipinski definition) is 1. The molecule has 0 bridgehead atoms. The number of carbonyl (C=O) groups excluding carboxylic acids is 1. The van der Waals surface area contributed by atoms with Crippen LogP contribution in [0.25, 0.3) is 0 Å². The van der Waals surface area contributed by atoms with Gasteiger partial charge >= 0.3 is 0 Å². The Morgan fingerprint density at radius 3 is 2.76 bits per heavy atom. The van der Waals surface area contributed by atoms with Gasteiger partial charge in [0, 0.05) is 52.1 Å². The number of hydrogen-bond acceptors (Lipinski definition) is 4. The molecule has 0 aromatic heterocycles. The van der Waals surface area contributed by atoms with Crippen molar-refractivity contribution in [2.24, 2.45) is 0 Å². The first kappa shape index (κ1) is 15.6. The molecule has 1 atom stereocenters. The van der Waals surface area contributed by atoms with Gasteiger partial charge in [-0.25, -0.2) is 0 Å². The Kier molecular flexibility index (Phi) is 5.07. The fraction of sp³-hybridized carbons (Fsp3) is 0.562. The number of rotatable bonds is 5. The highest BCUT2D eigenvalue weighted by atomic mass is 16.5. The molecule has 1 fully saturated rings. The molecule has 5 heteroatoms. The zero-order valence-corrected chi connectivity index (χ0v) is 13.1. The maximum absolute atomic E-state index is 11.9. The number of nitrogens with zero attached hydrogens (tertiary/aromatic N) is 2. The summed E-state index contributed by atoms with van der Waals surface area (Å²) in [4.78, 5) is 15.8. The monoisotopic (exact) mass is 291 g/mol. The van der Waals surface area contributed by atoms with Crippen LogP contribution in [0.3, 0.4) is 0 Å². The van der Waals surface area contributed by atoms with Gasteiger partial charge in [-0.05, 0) is 36.6 Å². The van der Waals surface area contributed by atoms with E-state index in [-0.39, 0.29) is 12.0 Å². The number of ether oxygens (including phenoxy) is 1. The zero-order chi connectivity index (χ0) is 15.4. The minimum atomic E-state index is 0.0673. The van der Waals surface area contributed by atoms with E-state index >= 15 is 0 Å². The van der Waals surface area contributed by atoms with Gasteiger partial charge in [-0.3, -0.25) is 4.79 Å². The summed E-state index contributed by atoms with van der Waals surface area (Å²) in [6, 6.07) is 5.83. The van der Waals surface area contributed by atoms with Crippen molar-refractivity contribution in [3.8, 4) is 0 Å². The predicted octanol–water partition coefficient (Wildman–Crippen LogP) is 1.86. The van der Waals surface area contributed by atoms with E-state index in [4.69, 9.17) is 10.5 Å². The highest BCUT2D eigenvalue weighted by Crippen LogP contribution is 2.24. The normalized spacial score (nSPS) is 17.8. The molecule has 0 radical (unpaired) electrons. The number of nitrogens with two attached hydrogens (primary N) is 1. The Balaban J connectivity index is 2.15. The molecule has 1 heterocycles. The van der Waals surface area contributed by atoms with E-state index in [0.717, 1.165) is 36.4 Å². The maximum atomic E-state index is 11.9. The van der Waals surface area contributed by atoms with Crippen molar-refractivity contribution in [2.45, 2.75) is 32.4 Å². The minimum absolute atomic E-state index is 0.0673. The van der Waals surface area contributed by atoms with Crippen molar-refractivity contribution in [2.75, 3.05) is 37.9 Å². The van der Waals surface area contributed by atoms with E-state index in [1.165, 1.54) is 0 Å². The van der Waals surface area contributed by atoms with Crippen LogP contribution in [0, 0.1) is 0 Å². The van der Waals surface area contributed by atoms with E-state index in [1.807, 2.05) is 42.1 Å². The second-order valence-electron chi connectivity index (χ2n) is 5.82. The first-order valence-electron chi connectivity index (χ1n) is 7.40. The highest BCUT2D eigenvalue weighted by Gasteiger charge is 2.21. The first-order valence-corrected chi connectivity index (χ1v) is 7.40. The van der Waals surface area contributed by atoms with Crippen LogP contribution in [0.1, 0.15) is 25.3 Å². The number of carbonyl (C=O) groups is 1. The highest BCUT2D eigenvalue weighted by molar-refractivity contribution is 5.74. The number of benzene rings is 1. The fourth-order valence-corrected chi connectivity index (χ4v) is 2.71. The van der Waals surface area contributed by atoms with E-state index in [2.05, 4.69) is 0 Å². The Labute approximate surface area is 126 Å². The second-order valence-corrected chi connectivity index (χ2v) is 5.82. The number of amides is 1. The maximum Gasteiger partial charge on any atom is 0.219 e. The van der Waals surface area contributed by atoms with Gasteiger partial charge in [-0.1, -0.05) is 0 Å². The largest absolute Gasteiger partial charge is 0.399 e. The summed E-state index contributed by atoms with van der Waals surface area (Å²) < 4.78 is 5.64. The molecule has 1 aromatic rings. The third kappa shape index (κ3) is 4.11. The van der Waals surface area contributed by atoms with Gasteiger partial charge in [0.2, 0.25) is 5.91 Å². The average Bonchev–Trinajstić information content (AvgIpc) is 2.90. The lowest BCUT2D eigenvalue weighted by atomic mass is 10.1. The molecule has 1 aromatic carbocycles. The molecule has 21 heavy (non-hydrogen) atoms. The lowest BCUT2D eigenvalue weighted by Crippen LogP contribution is -2.35. The standard InChI is InChI=1S/C16H25N3O2/c1-12(20)19(11-15-5-4-8-21-15)10-13-9-14(17)6-7-16(13)18(2)3/h6-7,9,15H,4-5,8,10-11,17H2,1-3H3. The molecule has 1 unspecified atom stereocenters. The number of nitrogen functional groups attached to an aromatic ring is 1. The average molecular weight is 291 g/mol. The Bertz CT molecular complexity index is 496. The molecule has 2 N–H and O–H groups in total. The van der Waals surface area contributed by atoms with Crippen molar-refractivity contribution in [3.05, 3.63) is 23.8 Å². The molecule has 0 spiro atoms. The van der Waals surface area contributed by atoms with Crippen molar-refractivity contribution in [1.82, 2.24) is 4.90 Å². The zero-order valence-electron chi connectivity index (χ0n) is 13.1. The molecule has 0 saturated carbocycles. The Hall–Kier alpha value is -1.75. The third-order valence-electron chi connectivity index (χ3n) is 3.84. The van der Waals surface area contributed by atoms with Crippen molar-refractivity contribution in [3.63, 3.8) is 0 Å². The summed E-state index contributed by atoms with van der Waals surface area (Å²) in [5, 5.41) is 0. The van der Waals surface area contributed by atoms with Gasteiger partial charge in [-0.2, -0.15) is 0 Å². The van der Waals surface area contributed by atoms with Crippen LogP contribution in [-0.4, -0.2) is 44.2 Å². The Morgan fingerprint density at radius 2 is 2.19 bits per heavy atom. The fourth-order valence-electron chi connectivity index (χ4n) is 2.71. The topological polar surface area (TPSA) is 58.8 Å². The summed E-state index contributed by atoms with van der Waals surface area (Å²) in [6.45, 7) is 3.62. The molecule has 1 aliphatic heterocycles. The van der Waals surface area contributed by atoms with Crippen LogP contribution in [0.15, 0.2) is 18.2 Å². The summed E-state index contributed by atoms with van der Waals surface area (Å²) in [5.74, 6) is 0.0673. The number of anilines is 2. The molecule has 0 aliphatic carbocycles. The van der Waals surface area contributed by atoms with Gasteiger partial charge in [0.05, 0.1) is 6.10 Å². The molecular formula is C16H25N3O2. The third-order valence-corrected chi connectivity index (χ3v) is 3.84. The summed E-state index contributed by atoms with van der Waals surface area (Å²) >= 11 is 0. The molecule has 116 valence electrons. The first-order chi connectivity index (χ1) is 9.97. The summed E-state index contributed by atoms with van der Waals surface area (Å²) in [7, 11) is 3.99. The van der Waals surface area contributed by atoms with Gasteiger partial charge in [-0.15, -0.1) is 0 Å². The molecule has 1 amide bonds. The van der Waals surface area contributed by atoms with Crippen molar-refractivity contribution in [1.29, 1.82) is 0 Å². The molecule has 1 saturated heterocycles. The molecule has 2 rings (SSSR count). The predicted molar refractivity (Wildman–Crippen MR) is 85.2 cm³/mol. The second kappa shape index (κ2) is 6.80. The van der Waals surface area contributed by atoms with E-state index < -0.39 is 0 Å². The summed E-state index contributed by atoms with van der Waals surface area (Å²) in [5.41, 5.74) is 8.76. The van der Waals surface area contributed by atoms with Crippen LogP contribution in [0.5, 0.6) is 0 Å². The summed E-state index contributed by atoms with van der Waals surface area (Å²) in [6.07, 6.45) is 2.27. The molecule has 1 aliphatic rings. The van der Waals surface area contributed by atoms with Crippen LogP contribution in [0.4, 0.5) is 11.4 Å². The quantitative estimate of drug-likeness (QED) is 0.841. The lowest BCUT2D eigenvalue weighted by Gasteiger charge is -2.27. The molecular weight excluding hydrogens is 266 g/mol. The minimum Gasteiger partial charge on any atom is -0.399 e. The van der Waals surface area contributed by atoms with Crippen LogP contribution < -0.4 is 10.6 Å². The van der Waals surface area contributed by atoms with E-state index in [1.54, 1.807) is 6.92 Å². The van der Waals surface area contributed by atoms with Gasteiger partial charge in [0.15, 0.2) is 0 Å². The van der Waals surface area contributed by atoms with E-state index in [0.29, 0.717) is 13.1 Å². The van der Waals surface area contributed by atoms with Crippen molar-refractivity contribution >= 4 is 17.3 Å². The van der Waals surface area contributed by atoms with Gasteiger partial charge in [0.25, 0.3) is 0 Å².